The molecule has 0 spiro atoms. The molecule has 0 bridgehead atoms. The van der Waals surface area contributed by atoms with Crippen molar-refractivity contribution in [3.05, 3.63) is 57.2 Å². The van der Waals surface area contributed by atoms with Crippen LogP contribution in [0.1, 0.15) is 16.7 Å². The van der Waals surface area contributed by atoms with Gasteiger partial charge in [-0.25, -0.2) is 0 Å². The topological polar surface area (TPSA) is 47.9 Å². The maximum absolute atomic E-state index is 11.7. The zero-order chi connectivity index (χ0) is 15.3. The van der Waals surface area contributed by atoms with Crippen molar-refractivity contribution in [1.82, 2.24) is 0 Å². The van der Waals surface area contributed by atoms with Gasteiger partial charge in [0.1, 0.15) is 0 Å². The van der Waals surface area contributed by atoms with E-state index in [-0.39, 0.29) is 5.43 Å². The van der Waals surface area contributed by atoms with Crippen LogP contribution < -0.4 is 14.9 Å². The number of benzene rings is 1. The maximum atomic E-state index is 11.7. The number of hydrogen-bond acceptors (Lipinski definition) is 4. The van der Waals surface area contributed by atoms with Gasteiger partial charge in [0.05, 0.1) is 19.9 Å². The molecule has 1 aliphatic carbocycles. The predicted octanol–water partition coefficient (Wildman–Crippen LogP) is 2.44. The van der Waals surface area contributed by atoms with Crippen molar-refractivity contribution in [2.45, 2.75) is 6.42 Å². The summed E-state index contributed by atoms with van der Waals surface area (Å²) in [6.07, 6.45) is 0.888. The minimum atomic E-state index is -0.0190. The van der Waals surface area contributed by atoms with Crippen molar-refractivity contribution in [3.8, 4) is 22.6 Å². The lowest BCUT2D eigenvalue weighted by atomic mass is 9.94. The number of rotatable bonds is 2. The largest absolute Gasteiger partial charge is 0.493 e. The fourth-order valence-electron chi connectivity index (χ4n) is 3.35. The first-order valence-corrected chi connectivity index (χ1v) is 7.22. The second-order valence-electron chi connectivity index (χ2n) is 5.40. The van der Waals surface area contributed by atoms with Crippen LogP contribution in [0.3, 0.4) is 0 Å². The summed E-state index contributed by atoms with van der Waals surface area (Å²) in [5.74, 6) is 1.42. The molecule has 1 aliphatic heterocycles. The first-order chi connectivity index (χ1) is 10.7. The highest BCUT2D eigenvalue weighted by atomic mass is 16.5. The first kappa shape index (κ1) is 13.1. The van der Waals surface area contributed by atoms with E-state index in [1.165, 1.54) is 5.56 Å². The van der Waals surface area contributed by atoms with E-state index in [0.29, 0.717) is 5.75 Å². The molecule has 110 valence electrons. The lowest BCUT2D eigenvalue weighted by molar-refractivity contribution is 0.355. The van der Waals surface area contributed by atoms with Crippen LogP contribution in [0.5, 0.6) is 11.5 Å². The fourth-order valence-corrected chi connectivity index (χ4v) is 3.35. The molecule has 0 saturated carbocycles. The van der Waals surface area contributed by atoms with Gasteiger partial charge in [-0.3, -0.25) is 9.79 Å². The average molecular weight is 293 g/mol. The van der Waals surface area contributed by atoms with E-state index in [2.05, 4.69) is 4.99 Å². The molecule has 0 fully saturated rings. The molecule has 0 N–H and O–H groups in total. The number of methoxy groups -OCH3 is 2. The molecule has 2 aliphatic rings. The summed E-state index contributed by atoms with van der Waals surface area (Å²) in [5, 5.41) is 0. The lowest BCUT2D eigenvalue weighted by Crippen LogP contribution is -2.11. The lowest BCUT2D eigenvalue weighted by Gasteiger charge is -2.18. The monoisotopic (exact) mass is 293 g/mol. The van der Waals surface area contributed by atoms with Crippen LogP contribution in [0.4, 0.5) is 0 Å². The van der Waals surface area contributed by atoms with E-state index in [9.17, 15) is 4.79 Å². The molecule has 4 rings (SSSR count). The normalized spacial score (nSPS) is 14.0. The smallest absolute Gasteiger partial charge is 0.178 e. The minimum Gasteiger partial charge on any atom is -0.493 e. The highest BCUT2D eigenvalue weighted by Gasteiger charge is 2.33. The minimum absolute atomic E-state index is 0.0190. The Balaban J connectivity index is 2.17. The van der Waals surface area contributed by atoms with Gasteiger partial charge >= 0.3 is 0 Å². The molecule has 2 aromatic carbocycles. The molecule has 4 nitrogen and oxygen atoms in total. The van der Waals surface area contributed by atoms with Crippen LogP contribution in [0.25, 0.3) is 11.1 Å². The van der Waals surface area contributed by atoms with Crippen molar-refractivity contribution in [3.63, 3.8) is 0 Å². The summed E-state index contributed by atoms with van der Waals surface area (Å²) in [4.78, 5) is 16.4. The SMILES string of the molecule is COc1cc2c3c(c1OC)-c1ccc(=O)ccc1C3=NCC2. The van der Waals surface area contributed by atoms with Crippen LogP contribution in [0, 0.1) is 0 Å². The van der Waals surface area contributed by atoms with Gasteiger partial charge in [-0.15, -0.1) is 0 Å². The third-order valence-corrected chi connectivity index (χ3v) is 4.28. The Hall–Kier alpha value is -2.62. The standard InChI is InChI=1S/C18H15NO3/c1-21-14-9-10-7-8-19-17-13-6-4-11(20)3-5-12(13)16(15(10)17)18(14)22-2/h3-6,9H,7-8H2,1-2H3. The van der Waals surface area contributed by atoms with Gasteiger partial charge in [-0.05, 0) is 47.9 Å². The molecule has 0 atom stereocenters. The van der Waals surface area contributed by atoms with Gasteiger partial charge in [0.15, 0.2) is 16.9 Å². The van der Waals surface area contributed by atoms with Crippen molar-refractivity contribution in [2.24, 2.45) is 4.99 Å². The zero-order valence-corrected chi connectivity index (χ0v) is 12.5. The van der Waals surface area contributed by atoms with Crippen LogP contribution in [-0.2, 0) is 6.42 Å². The Morgan fingerprint density at radius 3 is 2.50 bits per heavy atom. The van der Waals surface area contributed by atoms with Crippen molar-refractivity contribution >= 4 is 5.71 Å². The maximum Gasteiger partial charge on any atom is 0.178 e. The Kier molecular flexibility index (Phi) is 2.79. The number of hydrogen-bond donors (Lipinski definition) is 0. The quantitative estimate of drug-likeness (QED) is 0.729. The third-order valence-electron chi connectivity index (χ3n) is 4.28. The van der Waals surface area contributed by atoms with E-state index in [0.717, 1.165) is 46.7 Å². The van der Waals surface area contributed by atoms with E-state index >= 15 is 0 Å². The van der Waals surface area contributed by atoms with Gasteiger partial charge in [-0.1, -0.05) is 0 Å². The van der Waals surface area contributed by atoms with E-state index in [1.54, 1.807) is 26.4 Å². The van der Waals surface area contributed by atoms with Crippen LogP contribution in [0.15, 0.2) is 40.1 Å². The molecule has 2 aromatic rings. The molecule has 0 unspecified atom stereocenters. The summed E-state index contributed by atoms with van der Waals surface area (Å²) in [6.45, 7) is 0.750. The van der Waals surface area contributed by atoms with Crippen molar-refractivity contribution in [1.29, 1.82) is 0 Å². The molecule has 0 radical (unpaired) electrons. The number of nitrogens with zero attached hydrogens (tertiary/aromatic N) is 1. The molecule has 22 heavy (non-hydrogen) atoms. The Bertz CT molecular complexity index is 884. The molecule has 1 heterocycles. The second kappa shape index (κ2) is 4.70. The zero-order valence-electron chi connectivity index (χ0n) is 12.5. The molecule has 4 heteroatoms. The van der Waals surface area contributed by atoms with Crippen LogP contribution >= 0.6 is 0 Å². The third kappa shape index (κ3) is 1.64. The van der Waals surface area contributed by atoms with Gasteiger partial charge in [0, 0.05) is 23.2 Å². The molecular formula is C18H15NO3. The van der Waals surface area contributed by atoms with E-state index < -0.39 is 0 Å². The average Bonchev–Trinajstić information content (AvgIpc) is 2.72. The first-order valence-electron chi connectivity index (χ1n) is 7.22. The van der Waals surface area contributed by atoms with Crippen LogP contribution in [0.2, 0.25) is 0 Å². The second-order valence-corrected chi connectivity index (χ2v) is 5.40. The van der Waals surface area contributed by atoms with E-state index in [4.69, 9.17) is 9.47 Å². The fraction of sp³-hybridized carbons (Fsp3) is 0.222. The van der Waals surface area contributed by atoms with E-state index in [1.807, 2.05) is 18.2 Å². The Morgan fingerprint density at radius 1 is 1.00 bits per heavy atom. The van der Waals surface area contributed by atoms with Gasteiger partial charge in [-0.2, -0.15) is 0 Å². The molecule has 0 saturated heterocycles. The van der Waals surface area contributed by atoms with Crippen LogP contribution in [-0.4, -0.2) is 26.5 Å². The summed E-state index contributed by atoms with van der Waals surface area (Å²) in [7, 11) is 3.28. The number of fused-ring (bicyclic) bond motifs is 3. The van der Waals surface area contributed by atoms with Gasteiger partial charge in [0.2, 0.25) is 0 Å². The molecular weight excluding hydrogens is 278 g/mol. The highest BCUT2D eigenvalue weighted by molar-refractivity contribution is 6.26. The summed E-state index contributed by atoms with van der Waals surface area (Å²) in [6, 6.07) is 8.93. The van der Waals surface area contributed by atoms with Gasteiger partial charge in [0.25, 0.3) is 0 Å². The molecule has 0 amide bonds. The summed E-state index contributed by atoms with van der Waals surface area (Å²) < 4.78 is 11.1. The number of ether oxygens (including phenoxy) is 2. The summed E-state index contributed by atoms with van der Waals surface area (Å²) in [5.41, 5.74) is 6.24. The highest BCUT2D eigenvalue weighted by Crippen LogP contribution is 2.49. The Morgan fingerprint density at radius 2 is 1.77 bits per heavy atom. The molecule has 0 aromatic heterocycles. The Labute approximate surface area is 128 Å². The van der Waals surface area contributed by atoms with Crippen molar-refractivity contribution < 1.29 is 9.47 Å². The number of aliphatic imine (C=N–C) groups is 1. The van der Waals surface area contributed by atoms with Gasteiger partial charge < -0.3 is 9.47 Å². The predicted molar refractivity (Wildman–Crippen MR) is 85.5 cm³/mol. The summed E-state index contributed by atoms with van der Waals surface area (Å²) >= 11 is 0. The van der Waals surface area contributed by atoms with Crippen molar-refractivity contribution in [2.75, 3.05) is 20.8 Å².